The number of anilines is 1. The van der Waals surface area contributed by atoms with Gasteiger partial charge in [0.1, 0.15) is 0 Å². The van der Waals surface area contributed by atoms with Crippen molar-refractivity contribution in [2.45, 2.75) is 19.9 Å². The van der Waals surface area contributed by atoms with E-state index in [9.17, 15) is 4.79 Å². The SMILES string of the molecule is C=CCSCCNc1nccn(C(C)C)c1=O. The van der Waals surface area contributed by atoms with Gasteiger partial charge in [-0.05, 0) is 13.8 Å². The van der Waals surface area contributed by atoms with Gasteiger partial charge in [0.15, 0.2) is 5.82 Å². The molecule has 4 nitrogen and oxygen atoms in total. The summed E-state index contributed by atoms with van der Waals surface area (Å²) in [7, 11) is 0. The van der Waals surface area contributed by atoms with E-state index >= 15 is 0 Å². The molecule has 0 fully saturated rings. The molecule has 1 aromatic heterocycles. The highest BCUT2D eigenvalue weighted by Crippen LogP contribution is 2.02. The van der Waals surface area contributed by atoms with Crippen molar-refractivity contribution in [3.63, 3.8) is 0 Å². The molecule has 1 rings (SSSR count). The van der Waals surface area contributed by atoms with Gasteiger partial charge in [0.05, 0.1) is 0 Å². The van der Waals surface area contributed by atoms with Crippen LogP contribution >= 0.6 is 11.8 Å². The fourth-order valence-electron chi connectivity index (χ4n) is 1.36. The van der Waals surface area contributed by atoms with E-state index in [1.807, 2.05) is 19.9 Å². The fraction of sp³-hybridized carbons (Fsp3) is 0.500. The van der Waals surface area contributed by atoms with E-state index in [-0.39, 0.29) is 11.6 Å². The van der Waals surface area contributed by atoms with Gasteiger partial charge in [0.2, 0.25) is 0 Å². The summed E-state index contributed by atoms with van der Waals surface area (Å²) in [4.78, 5) is 16.0. The Balaban J connectivity index is 2.57. The smallest absolute Gasteiger partial charge is 0.293 e. The van der Waals surface area contributed by atoms with Crippen molar-refractivity contribution in [2.75, 3.05) is 23.4 Å². The highest BCUT2D eigenvalue weighted by Gasteiger charge is 2.05. The van der Waals surface area contributed by atoms with Crippen LogP contribution in [0.15, 0.2) is 29.8 Å². The van der Waals surface area contributed by atoms with Crippen LogP contribution in [0.2, 0.25) is 0 Å². The van der Waals surface area contributed by atoms with E-state index in [2.05, 4.69) is 16.9 Å². The van der Waals surface area contributed by atoms with E-state index in [0.29, 0.717) is 5.82 Å². The summed E-state index contributed by atoms with van der Waals surface area (Å²) in [5, 5.41) is 3.07. The van der Waals surface area contributed by atoms with E-state index in [0.717, 1.165) is 18.1 Å². The standard InChI is InChI=1S/C12H19N3OS/c1-4-8-17-9-6-14-11-12(16)15(10(2)3)7-5-13-11/h4-5,7,10H,1,6,8-9H2,2-3H3,(H,13,14). The minimum atomic E-state index is -0.0591. The Labute approximate surface area is 106 Å². The van der Waals surface area contributed by atoms with Gasteiger partial charge < -0.3 is 9.88 Å². The van der Waals surface area contributed by atoms with E-state index in [1.54, 1.807) is 28.7 Å². The number of rotatable bonds is 7. The zero-order valence-electron chi connectivity index (χ0n) is 10.3. The first-order chi connectivity index (χ1) is 8.16. The Morgan fingerprint density at radius 1 is 1.65 bits per heavy atom. The second kappa shape index (κ2) is 7.17. The Morgan fingerprint density at radius 2 is 2.41 bits per heavy atom. The van der Waals surface area contributed by atoms with Crippen LogP contribution in [0.5, 0.6) is 0 Å². The van der Waals surface area contributed by atoms with Crippen LogP contribution in [-0.2, 0) is 0 Å². The summed E-state index contributed by atoms with van der Waals surface area (Å²) in [6.45, 7) is 8.35. The van der Waals surface area contributed by atoms with Crippen molar-refractivity contribution in [1.82, 2.24) is 9.55 Å². The molecule has 1 N–H and O–H groups in total. The van der Waals surface area contributed by atoms with Crippen molar-refractivity contribution in [2.24, 2.45) is 0 Å². The molecule has 0 saturated heterocycles. The molecular weight excluding hydrogens is 234 g/mol. The lowest BCUT2D eigenvalue weighted by molar-refractivity contribution is 0.575. The third kappa shape index (κ3) is 4.26. The first kappa shape index (κ1) is 13.8. The quantitative estimate of drug-likeness (QED) is 0.597. The summed E-state index contributed by atoms with van der Waals surface area (Å²) < 4.78 is 1.67. The number of thioether (sulfide) groups is 1. The molecule has 94 valence electrons. The molecular formula is C12H19N3OS. The van der Waals surface area contributed by atoms with Crippen molar-refractivity contribution in [3.8, 4) is 0 Å². The third-order valence-corrected chi connectivity index (χ3v) is 3.16. The lowest BCUT2D eigenvalue weighted by atomic mass is 10.4. The second-order valence-electron chi connectivity index (χ2n) is 3.87. The van der Waals surface area contributed by atoms with Crippen molar-refractivity contribution in [3.05, 3.63) is 35.4 Å². The zero-order valence-corrected chi connectivity index (χ0v) is 11.2. The van der Waals surface area contributed by atoms with E-state index < -0.39 is 0 Å². The van der Waals surface area contributed by atoms with Gasteiger partial charge in [0.25, 0.3) is 5.56 Å². The average molecular weight is 253 g/mol. The number of nitrogens with zero attached hydrogens (tertiary/aromatic N) is 2. The van der Waals surface area contributed by atoms with E-state index in [1.165, 1.54) is 0 Å². The molecule has 0 atom stereocenters. The van der Waals surface area contributed by atoms with Crippen molar-refractivity contribution >= 4 is 17.6 Å². The van der Waals surface area contributed by atoms with Gasteiger partial charge >= 0.3 is 0 Å². The van der Waals surface area contributed by atoms with Gasteiger partial charge in [0, 0.05) is 36.5 Å². The number of hydrogen-bond donors (Lipinski definition) is 1. The molecule has 0 saturated carbocycles. The summed E-state index contributed by atoms with van der Waals surface area (Å²) in [6.07, 6.45) is 5.24. The molecule has 0 aliphatic heterocycles. The van der Waals surface area contributed by atoms with Gasteiger partial charge in [-0.15, -0.1) is 6.58 Å². The number of aromatic nitrogens is 2. The Hall–Kier alpha value is -1.23. The maximum atomic E-state index is 11.9. The second-order valence-corrected chi connectivity index (χ2v) is 5.02. The van der Waals surface area contributed by atoms with Crippen LogP contribution in [0, 0.1) is 0 Å². The lowest BCUT2D eigenvalue weighted by Crippen LogP contribution is -2.26. The molecule has 1 heterocycles. The topological polar surface area (TPSA) is 46.9 Å². The van der Waals surface area contributed by atoms with Gasteiger partial charge in [-0.25, -0.2) is 4.98 Å². The predicted octanol–water partition coefficient (Wildman–Crippen LogP) is 2.16. The van der Waals surface area contributed by atoms with Crippen molar-refractivity contribution < 1.29 is 0 Å². The molecule has 0 spiro atoms. The molecule has 0 amide bonds. The highest BCUT2D eigenvalue weighted by atomic mass is 32.2. The molecule has 0 radical (unpaired) electrons. The van der Waals surface area contributed by atoms with Crippen molar-refractivity contribution in [1.29, 1.82) is 0 Å². The molecule has 0 bridgehead atoms. The van der Waals surface area contributed by atoms with Gasteiger partial charge in [-0.3, -0.25) is 4.79 Å². The predicted molar refractivity (Wildman–Crippen MR) is 74.9 cm³/mol. The fourth-order valence-corrected chi connectivity index (χ4v) is 1.94. The normalized spacial score (nSPS) is 10.5. The molecule has 17 heavy (non-hydrogen) atoms. The monoisotopic (exact) mass is 253 g/mol. The highest BCUT2D eigenvalue weighted by molar-refractivity contribution is 7.99. The Morgan fingerprint density at radius 3 is 3.06 bits per heavy atom. The first-order valence-corrected chi connectivity index (χ1v) is 6.82. The molecule has 0 unspecified atom stereocenters. The first-order valence-electron chi connectivity index (χ1n) is 5.66. The maximum Gasteiger partial charge on any atom is 0.293 e. The van der Waals surface area contributed by atoms with Crippen LogP contribution in [-0.4, -0.2) is 27.6 Å². The molecule has 1 aromatic rings. The number of nitrogens with one attached hydrogen (secondary N) is 1. The Kier molecular flexibility index (Phi) is 5.83. The van der Waals surface area contributed by atoms with E-state index in [4.69, 9.17) is 0 Å². The minimum absolute atomic E-state index is 0.0591. The Bertz CT molecular complexity index is 414. The molecule has 0 aliphatic carbocycles. The maximum absolute atomic E-state index is 11.9. The summed E-state index contributed by atoms with van der Waals surface area (Å²) in [5.74, 6) is 2.30. The summed E-state index contributed by atoms with van der Waals surface area (Å²) in [5.41, 5.74) is -0.0591. The number of hydrogen-bond acceptors (Lipinski definition) is 4. The van der Waals surface area contributed by atoms with Crippen LogP contribution in [0.4, 0.5) is 5.82 Å². The summed E-state index contributed by atoms with van der Waals surface area (Å²) >= 11 is 1.77. The zero-order chi connectivity index (χ0) is 12.7. The van der Waals surface area contributed by atoms with Crippen LogP contribution in [0.3, 0.4) is 0 Å². The third-order valence-electron chi connectivity index (χ3n) is 2.20. The van der Waals surface area contributed by atoms with Gasteiger partial charge in [-0.1, -0.05) is 6.08 Å². The lowest BCUT2D eigenvalue weighted by Gasteiger charge is -2.11. The minimum Gasteiger partial charge on any atom is -0.365 e. The molecule has 0 aromatic carbocycles. The summed E-state index contributed by atoms with van der Waals surface area (Å²) in [6, 6.07) is 0.154. The van der Waals surface area contributed by atoms with Crippen LogP contribution < -0.4 is 10.9 Å². The molecule has 5 heteroatoms. The van der Waals surface area contributed by atoms with Gasteiger partial charge in [-0.2, -0.15) is 11.8 Å². The van der Waals surface area contributed by atoms with Crippen LogP contribution in [0.25, 0.3) is 0 Å². The van der Waals surface area contributed by atoms with Crippen LogP contribution in [0.1, 0.15) is 19.9 Å². The largest absolute Gasteiger partial charge is 0.365 e. The average Bonchev–Trinajstić information content (AvgIpc) is 2.30. The molecule has 0 aliphatic rings.